The molecule has 2 N–H and O–H groups in total. The first-order valence-electron chi connectivity index (χ1n) is 5.36. The van der Waals surface area contributed by atoms with Crippen LogP contribution in [0.25, 0.3) is 0 Å². The van der Waals surface area contributed by atoms with Gasteiger partial charge < -0.3 is 5.73 Å². The number of aryl methyl sites for hydroxylation is 1. The Morgan fingerprint density at radius 1 is 1.53 bits per heavy atom. The van der Waals surface area contributed by atoms with Crippen molar-refractivity contribution in [3.05, 3.63) is 29.3 Å². The zero-order valence-corrected chi connectivity index (χ0v) is 9.71. The van der Waals surface area contributed by atoms with Gasteiger partial charge in [0.15, 0.2) is 5.78 Å². The Morgan fingerprint density at radius 3 is 2.73 bits per heavy atom. The molecule has 0 saturated carbocycles. The van der Waals surface area contributed by atoms with Crippen LogP contribution >= 0.6 is 0 Å². The molecule has 2 nitrogen and oxygen atoms in total. The summed E-state index contributed by atoms with van der Waals surface area (Å²) in [6.07, 6.45) is 1.30. The maximum Gasteiger partial charge on any atom is 0.162 e. The van der Waals surface area contributed by atoms with E-state index in [2.05, 4.69) is 0 Å². The third-order valence-electron chi connectivity index (χ3n) is 2.51. The second-order valence-electron chi connectivity index (χ2n) is 4.26. The first-order chi connectivity index (χ1) is 7.00. The van der Waals surface area contributed by atoms with Gasteiger partial charge in [0.2, 0.25) is 0 Å². The number of ketones is 1. The number of nitrogens with two attached hydrogens (primary N) is 1. The number of carbonyl (C=O) groups is 1. The van der Waals surface area contributed by atoms with Gasteiger partial charge in [-0.2, -0.15) is 0 Å². The molecule has 1 rings (SSSR count). The standard InChI is InChI=1S/C12H18BNO/c1-8-3-5-10(11(13)7-8)12(15)6-4-9(2)14/h3,5,7,9H,4,6,13-14H2,1-2H3. The Morgan fingerprint density at radius 2 is 2.20 bits per heavy atom. The van der Waals surface area contributed by atoms with Crippen LogP contribution in [0, 0.1) is 6.92 Å². The summed E-state index contributed by atoms with van der Waals surface area (Å²) < 4.78 is 0. The summed E-state index contributed by atoms with van der Waals surface area (Å²) in [5.74, 6) is 0.199. The van der Waals surface area contributed by atoms with Gasteiger partial charge in [-0.05, 0) is 20.3 Å². The van der Waals surface area contributed by atoms with Crippen LogP contribution in [0.15, 0.2) is 18.2 Å². The van der Waals surface area contributed by atoms with Gasteiger partial charge in [-0.1, -0.05) is 29.2 Å². The van der Waals surface area contributed by atoms with Crippen LogP contribution < -0.4 is 11.2 Å². The Labute approximate surface area is 92.3 Å². The zero-order chi connectivity index (χ0) is 11.4. The van der Waals surface area contributed by atoms with E-state index in [0.29, 0.717) is 6.42 Å². The Hall–Kier alpha value is -1.09. The summed E-state index contributed by atoms with van der Waals surface area (Å²) in [6, 6.07) is 6.03. The maximum absolute atomic E-state index is 11.8. The van der Waals surface area contributed by atoms with E-state index in [-0.39, 0.29) is 11.8 Å². The zero-order valence-electron chi connectivity index (χ0n) is 9.71. The van der Waals surface area contributed by atoms with Crippen LogP contribution in [0.2, 0.25) is 0 Å². The molecular weight excluding hydrogens is 185 g/mol. The monoisotopic (exact) mass is 203 g/mol. The summed E-state index contributed by atoms with van der Waals surface area (Å²) in [4.78, 5) is 11.8. The molecule has 0 saturated heterocycles. The van der Waals surface area contributed by atoms with E-state index in [0.717, 1.165) is 17.4 Å². The maximum atomic E-state index is 11.8. The van der Waals surface area contributed by atoms with Crippen LogP contribution in [0.5, 0.6) is 0 Å². The fourth-order valence-electron chi connectivity index (χ4n) is 1.62. The van der Waals surface area contributed by atoms with Crippen LogP contribution in [-0.4, -0.2) is 19.7 Å². The van der Waals surface area contributed by atoms with E-state index in [9.17, 15) is 4.79 Å². The van der Waals surface area contributed by atoms with E-state index < -0.39 is 0 Å². The molecule has 0 aliphatic rings. The first-order valence-corrected chi connectivity index (χ1v) is 5.36. The highest BCUT2D eigenvalue weighted by molar-refractivity contribution is 6.36. The molecule has 1 atom stereocenters. The molecule has 0 heterocycles. The third kappa shape index (κ3) is 3.52. The molecule has 0 radical (unpaired) electrons. The van der Waals surface area contributed by atoms with E-state index in [1.165, 1.54) is 5.56 Å². The lowest BCUT2D eigenvalue weighted by Gasteiger charge is -2.07. The molecule has 0 amide bonds. The van der Waals surface area contributed by atoms with Gasteiger partial charge in [-0.3, -0.25) is 4.79 Å². The minimum Gasteiger partial charge on any atom is -0.328 e. The number of Topliss-reactive ketones (excluding diaryl/α,β-unsaturated/α-hetero) is 1. The highest BCUT2D eigenvalue weighted by Gasteiger charge is 2.09. The van der Waals surface area contributed by atoms with Crippen LogP contribution in [-0.2, 0) is 0 Å². The number of rotatable bonds is 4. The van der Waals surface area contributed by atoms with E-state index >= 15 is 0 Å². The van der Waals surface area contributed by atoms with Crippen molar-refractivity contribution < 1.29 is 4.79 Å². The second kappa shape index (κ2) is 5.12. The quantitative estimate of drug-likeness (QED) is 0.574. The normalized spacial score (nSPS) is 12.5. The highest BCUT2D eigenvalue weighted by atomic mass is 16.1. The Balaban J connectivity index is 2.74. The number of benzene rings is 1. The summed E-state index contributed by atoms with van der Waals surface area (Å²) in [6.45, 7) is 3.96. The summed E-state index contributed by atoms with van der Waals surface area (Å²) in [5.41, 5.74) is 8.71. The predicted octanol–water partition coefficient (Wildman–Crippen LogP) is 0.564. The lowest BCUT2D eigenvalue weighted by Crippen LogP contribution is -2.20. The minimum atomic E-state index is 0.0969. The Bertz CT molecular complexity index is 361. The van der Waals surface area contributed by atoms with E-state index in [4.69, 9.17) is 5.73 Å². The lowest BCUT2D eigenvalue weighted by molar-refractivity contribution is 0.0979. The molecule has 0 aliphatic carbocycles. The molecule has 1 unspecified atom stereocenters. The molecule has 1 aromatic carbocycles. The smallest absolute Gasteiger partial charge is 0.162 e. The van der Waals surface area contributed by atoms with Crippen molar-refractivity contribution in [2.24, 2.45) is 5.73 Å². The number of hydrogen-bond donors (Lipinski definition) is 1. The Kier molecular flexibility index (Phi) is 4.10. The van der Waals surface area contributed by atoms with Crippen molar-refractivity contribution in [1.29, 1.82) is 0 Å². The topological polar surface area (TPSA) is 43.1 Å². The van der Waals surface area contributed by atoms with Crippen LogP contribution in [0.4, 0.5) is 0 Å². The van der Waals surface area contributed by atoms with Gasteiger partial charge >= 0.3 is 0 Å². The molecule has 0 aromatic heterocycles. The number of hydrogen-bond acceptors (Lipinski definition) is 2. The van der Waals surface area contributed by atoms with Crippen molar-refractivity contribution in [3.8, 4) is 0 Å². The fourth-order valence-corrected chi connectivity index (χ4v) is 1.62. The largest absolute Gasteiger partial charge is 0.328 e. The van der Waals surface area contributed by atoms with Crippen molar-refractivity contribution in [2.45, 2.75) is 32.7 Å². The van der Waals surface area contributed by atoms with Gasteiger partial charge in [0.1, 0.15) is 7.85 Å². The SMILES string of the molecule is Bc1cc(C)ccc1C(=O)CCC(C)N. The van der Waals surface area contributed by atoms with Crippen molar-refractivity contribution in [2.75, 3.05) is 0 Å². The lowest BCUT2D eigenvalue weighted by atomic mass is 9.86. The van der Waals surface area contributed by atoms with Crippen LogP contribution in [0.1, 0.15) is 35.7 Å². The summed E-state index contributed by atoms with van der Waals surface area (Å²) >= 11 is 0. The molecule has 0 aliphatic heterocycles. The fraction of sp³-hybridized carbons (Fsp3) is 0.417. The summed E-state index contributed by atoms with van der Waals surface area (Å²) in [5, 5.41) is 0. The van der Waals surface area contributed by atoms with Gasteiger partial charge in [0.05, 0.1) is 0 Å². The van der Waals surface area contributed by atoms with Gasteiger partial charge in [-0.25, -0.2) is 0 Å². The minimum absolute atomic E-state index is 0.0969. The average molecular weight is 203 g/mol. The molecule has 1 aromatic rings. The van der Waals surface area contributed by atoms with Crippen molar-refractivity contribution in [3.63, 3.8) is 0 Å². The molecule has 15 heavy (non-hydrogen) atoms. The summed E-state index contributed by atoms with van der Waals surface area (Å²) in [7, 11) is 1.98. The van der Waals surface area contributed by atoms with Crippen molar-refractivity contribution in [1.82, 2.24) is 0 Å². The molecule has 0 spiro atoms. The second-order valence-corrected chi connectivity index (χ2v) is 4.26. The molecular formula is C12H18BNO. The average Bonchev–Trinajstić information content (AvgIpc) is 2.14. The first kappa shape index (κ1) is 12.0. The van der Waals surface area contributed by atoms with E-state index in [1.54, 1.807) is 0 Å². The third-order valence-corrected chi connectivity index (χ3v) is 2.51. The van der Waals surface area contributed by atoms with Gasteiger partial charge in [0, 0.05) is 18.0 Å². The predicted molar refractivity (Wildman–Crippen MR) is 66.6 cm³/mol. The number of carbonyl (C=O) groups excluding carboxylic acids is 1. The van der Waals surface area contributed by atoms with Gasteiger partial charge in [-0.15, -0.1) is 0 Å². The van der Waals surface area contributed by atoms with Crippen LogP contribution in [0.3, 0.4) is 0 Å². The highest BCUT2D eigenvalue weighted by Crippen LogP contribution is 2.06. The molecule has 0 fully saturated rings. The molecule has 0 bridgehead atoms. The molecule has 3 heteroatoms. The van der Waals surface area contributed by atoms with Gasteiger partial charge in [0.25, 0.3) is 0 Å². The van der Waals surface area contributed by atoms with E-state index in [1.807, 2.05) is 39.9 Å². The molecule has 80 valence electrons. The van der Waals surface area contributed by atoms with Crippen molar-refractivity contribution >= 4 is 19.1 Å².